The molecule has 0 amide bonds. The zero-order chi connectivity index (χ0) is 25.9. The predicted molar refractivity (Wildman–Crippen MR) is 135 cm³/mol. The third-order valence-electron chi connectivity index (χ3n) is 6.39. The monoisotopic (exact) mass is 514 g/mol. The van der Waals surface area contributed by atoms with Crippen LogP contribution in [0.1, 0.15) is 41.3 Å². The van der Waals surface area contributed by atoms with Crippen LogP contribution in [-0.2, 0) is 0 Å². The molecule has 0 saturated carbocycles. The lowest BCUT2D eigenvalue weighted by Gasteiger charge is -2.30. The van der Waals surface area contributed by atoms with Crippen molar-refractivity contribution in [3.05, 3.63) is 86.3 Å². The van der Waals surface area contributed by atoms with Gasteiger partial charge in [0.1, 0.15) is 10.8 Å². The lowest BCUT2D eigenvalue weighted by Crippen LogP contribution is -2.33. The van der Waals surface area contributed by atoms with E-state index in [0.29, 0.717) is 23.7 Å². The maximum absolute atomic E-state index is 12.6. The third-order valence-corrected chi connectivity index (χ3v) is 6.84. The smallest absolute Gasteiger partial charge is 0.406 e. The first-order valence-corrected chi connectivity index (χ1v) is 12.0. The van der Waals surface area contributed by atoms with E-state index in [1.165, 1.54) is 12.1 Å². The molecule has 1 aliphatic rings. The molecule has 0 spiro atoms. The van der Waals surface area contributed by atoms with Gasteiger partial charge in [0.25, 0.3) is 0 Å². The van der Waals surface area contributed by atoms with E-state index in [4.69, 9.17) is 11.6 Å². The number of alkyl halides is 3. The molecule has 1 saturated heterocycles. The minimum absolute atomic E-state index is 0.182. The van der Waals surface area contributed by atoms with Crippen LogP contribution in [-0.4, -0.2) is 35.9 Å². The number of aromatic nitrogens is 1. The lowest BCUT2D eigenvalue weighted by atomic mass is 9.89. The van der Waals surface area contributed by atoms with Crippen molar-refractivity contribution >= 4 is 11.6 Å². The summed E-state index contributed by atoms with van der Waals surface area (Å²) in [6.45, 7) is 6.01. The van der Waals surface area contributed by atoms with Crippen LogP contribution in [0.3, 0.4) is 0 Å². The molecule has 4 rings (SSSR count). The summed E-state index contributed by atoms with van der Waals surface area (Å²) in [5.41, 5.74) is 4.49. The number of halogens is 4. The van der Waals surface area contributed by atoms with Crippen molar-refractivity contribution in [2.24, 2.45) is 0 Å². The Kier molecular flexibility index (Phi) is 7.77. The van der Waals surface area contributed by atoms with E-state index in [1.807, 2.05) is 31.2 Å². The van der Waals surface area contributed by atoms with Crippen LogP contribution in [0.5, 0.6) is 5.75 Å². The van der Waals surface area contributed by atoms with Crippen molar-refractivity contribution < 1.29 is 17.9 Å². The Labute approximate surface area is 213 Å². The van der Waals surface area contributed by atoms with Crippen molar-refractivity contribution in [1.29, 1.82) is 0 Å². The Morgan fingerprint density at radius 1 is 1.03 bits per heavy atom. The molecule has 0 radical (unpaired) electrons. The molecule has 1 aliphatic heterocycles. The van der Waals surface area contributed by atoms with Crippen LogP contribution >= 0.6 is 11.6 Å². The summed E-state index contributed by atoms with van der Waals surface area (Å²) in [4.78, 5) is 18.0. The minimum Gasteiger partial charge on any atom is -0.406 e. The molecule has 0 aliphatic carbocycles. The number of likely N-dealkylation sites (tertiary alicyclic amines) is 1. The number of H-pyrrole nitrogens is 1. The number of nitrogens with one attached hydrogen (secondary N) is 1. The Morgan fingerprint density at radius 2 is 1.67 bits per heavy atom. The van der Waals surface area contributed by atoms with Crippen molar-refractivity contribution in [2.75, 3.05) is 19.6 Å². The zero-order valence-corrected chi connectivity index (χ0v) is 20.8. The molecular formula is C28H26ClF3N2O2. The normalized spacial score (nSPS) is 14.8. The number of aromatic amines is 1. The summed E-state index contributed by atoms with van der Waals surface area (Å²) in [5, 5.41) is 0.204. The fourth-order valence-corrected chi connectivity index (χ4v) is 4.68. The highest BCUT2D eigenvalue weighted by molar-refractivity contribution is 6.31. The summed E-state index contributed by atoms with van der Waals surface area (Å²) in [6.07, 6.45) is -2.84. The molecule has 2 aromatic carbocycles. The topological polar surface area (TPSA) is 45.3 Å². The van der Waals surface area contributed by atoms with Gasteiger partial charge in [0, 0.05) is 22.5 Å². The van der Waals surface area contributed by atoms with Gasteiger partial charge in [0.05, 0.1) is 6.54 Å². The van der Waals surface area contributed by atoms with E-state index >= 15 is 0 Å². The molecule has 1 N–H and O–H groups in total. The average Bonchev–Trinajstić information content (AvgIpc) is 2.84. The average molecular weight is 515 g/mol. The van der Waals surface area contributed by atoms with Crippen LogP contribution in [0.15, 0.2) is 53.3 Å². The fourth-order valence-electron chi connectivity index (χ4n) is 4.54. The molecule has 1 fully saturated rings. The molecule has 8 heteroatoms. The molecule has 36 heavy (non-hydrogen) atoms. The highest BCUT2D eigenvalue weighted by Crippen LogP contribution is 2.30. The van der Waals surface area contributed by atoms with E-state index in [1.54, 1.807) is 19.1 Å². The summed E-state index contributed by atoms with van der Waals surface area (Å²) >= 11 is 6.14. The predicted octanol–water partition coefficient (Wildman–Crippen LogP) is 6.44. The van der Waals surface area contributed by atoms with Gasteiger partial charge >= 0.3 is 6.36 Å². The zero-order valence-electron chi connectivity index (χ0n) is 20.0. The number of piperidine rings is 1. The van der Waals surface area contributed by atoms with Crippen LogP contribution in [0.25, 0.3) is 11.1 Å². The number of benzene rings is 2. The summed E-state index contributed by atoms with van der Waals surface area (Å²) in [6, 6.07) is 13.7. The van der Waals surface area contributed by atoms with Gasteiger partial charge in [0.15, 0.2) is 0 Å². The van der Waals surface area contributed by atoms with Crippen LogP contribution in [0, 0.1) is 25.7 Å². The summed E-state index contributed by atoms with van der Waals surface area (Å²) < 4.78 is 41.0. The number of hydrogen-bond donors (Lipinski definition) is 1. The Morgan fingerprint density at radius 3 is 2.28 bits per heavy atom. The Hall–Kier alpha value is -3.21. The van der Waals surface area contributed by atoms with Crippen LogP contribution in [0.2, 0.25) is 5.02 Å². The van der Waals surface area contributed by atoms with Gasteiger partial charge in [0.2, 0.25) is 5.43 Å². The maximum atomic E-state index is 12.6. The molecule has 0 bridgehead atoms. The third kappa shape index (κ3) is 6.31. The van der Waals surface area contributed by atoms with Gasteiger partial charge in [-0.3, -0.25) is 9.69 Å². The maximum Gasteiger partial charge on any atom is 0.573 e. The van der Waals surface area contributed by atoms with Crippen molar-refractivity contribution in [1.82, 2.24) is 9.88 Å². The van der Waals surface area contributed by atoms with Crippen molar-refractivity contribution in [2.45, 2.75) is 39.0 Å². The van der Waals surface area contributed by atoms with Gasteiger partial charge in [-0.25, -0.2) is 0 Å². The molecule has 4 nitrogen and oxygen atoms in total. The van der Waals surface area contributed by atoms with Gasteiger partial charge < -0.3 is 9.72 Å². The second kappa shape index (κ2) is 10.8. The Balaban J connectivity index is 1.31. The number of hydrogen-bond acceptors (Lipinski definition) is 3. The second-order valence-electron chi connectivity index (χ2n) is 8.94. The number of pyridine rings is 1. The fraction of sp³-hybridized carbons (Fsp3) is 0.321. The molecule has 188 valence electrons. The number of aryl methyl sites for hydroxylation is 2. The SMILES string of the molecule is Cc1[nH]c(C)c(-c2ccc(C#CCN3CCC(c4ccc(OC(F)(F)F)cc4)CC3)cc2)c(=O)c1Cl. The first-order valence-electron chi connectivity index (χ1n) is 11.7. The van der Waals surface area contributed by atoms with Crippen LogP contribution in [0.4, 0.5) is 13.2 Å². The number of nitrogens with zero attached hydrogens (tertiary/aromatic N) is 1. The van der Waals surface area contributed by atoms with Crippen LogP contribution < -0.4 is 10.2 Å². The summed E-state index contributed by atoms with van der Waals surface area (Å²) in [7, 11) is 0. The highest BCUT2D eigenvalue weighted by atomic mass is 35.5. The first-order chi connectivity index (χ1) is 17.1. The van der Waals surface area contributed by atoms with Gasteiger partial charge in [-0.05, 0) is 81.1 Å². The molecule has 0 atom stereocenters. The summed E-state index contributed by atoms with van der Waals surface area (Å²) in [5.74, 6) is 6.51. The van der Waals surface area contributed by atoms with Gasteiger partial charge in [-0.2, -0.15) is 0 Å². The quantitative estimate of drug-likeness (QED) is 0.407. The van der Waals surface area contributed by atoms with Crippen molar-refractivity contribution in [3.8, 4) is 28.7 Å². The molecule has 2 heterocycles. The molecule has 0 unspecified atom stereocenters. The van der Waals surface area contributed by atoms with Gasteiger partial charge in [-0.1, -0.05) is 47.7 Å². The largest absolute Gasteiger partial charge is 0.573 e. The minimum atomic E-state index is -4.68. The Bertz CT molecular complexity index is 1330. The van der Waals surface area contributed by atoms with E-state index < -0.39 is 6.36 Å². The van der Waals surface area contributed by atoms with E-state index in [9.17, 15) is 18.0 Å². The standard InChI is InChI=1S/C28H26ClF3N2O2/c1-18-25(27(35)26(29)19(2)33-18)23-7-5-20(6-8-23)4-3-15-34-16-13-22(14-17-34)21-9-11-24(12-10-21)36-28(30,31)32/h5-12,22H,13-17H2,1-2H3,(H,33,35). The van der Waals surface area contributed by atoms with E-state index in [0.717, 1.165) is 48.3 Å². The second-order valence-corrected chi connectivity index (χ2v) is 9.32. The highest BCUT2D eigenvalue weighted by Gasteiger charge is 2.31. The van der Waals surface area contributed by atoms with Crippen molar-refractivity contribution in [3.63, 3.8) is 0 Å². The molecule has 3 aromatic rings. The number of rotatable bonds is 4. The lowest BCUT2D eigenvalue weighted by molar-refractivity contribution is -0.274. The first kappa shape index (κ1) is 25.9. The van der Waals surface area contributed by atoms with Gasteiger partial charge in [-0.15, -0.1) is 13.2 Å². The molecular weight excluding hydrogens is 489 g/mol. The molecule has 1 aromatic heterocycles. The van der Waals surface area contributed by atoms with E-state index in [-0.39, 0.29) is 16.2 Å². The van der Waals surface area contributed by atoms with E-state index in [2.05, 4.69) is 26.5 Å². The number of ether oxygens (including phenoxy) is 1.